The maximum Gasteiger partial charge on any atom is 0.0580 e. The molecule has 1 rings (SSSR count). The molecule has 3 heteroatoms. The van der Waals surface area contributed by atoms with E-state index in [0.717, 1.165) is 44.7 Å². The van der Waals surface area contributed by atoms with Crippen LogP contribution in [0, 0.1) is 17.8 Å². The van der Waals surface area contributed by atoms with Crippen LogP contribution in [-0.2, 0) is 0 Å². The topological polar surface area (TPSA) is 43.7 Å². The van der Waals surface area contributed by atoms with Crippen molar-refractivity contribution in [2.24, 2.45) is 17.8 Å². The van der Waals surface area contributed by atoms with Crippen LogP contribution in [0.25, 0.3) is 0 Å². The van der Waals surface area contributed by atoms with Crippen LogP contribution in [0.2, 0.25) is 0 Å². The van der Waals surface area contributed by atoms with E-state index in [-0.39, 0.29) is 12.7 Å². The Hall–Kier alpha value is -0.120. The Kier molecular flexibility index (Phi) is 8.08. The average Bonchev–Trinajstić information content (AvgIpc) is 2.42. The maximum absolute atomic E-state index is 10.3. The van der Waals surface area contributed by atoms with Gasteiger partial charge in [-0.05, 0) is 49.9 Å². The number of hydrogen-bond acceptors (Lipinski definition) is 3. The van der Waals surface area contributed by atoms with Crippen LogP contribution in [0.1, 0.15) is 59.8 Å². The minimum Gasteiger partial charge on any atom is -0.395 e. The van der Waals surface area contributed by atoms with Gasteiger partial charge in [-0.1, -0.05) is 27.7 Å². The fourth-order valence-corrected chi connectivity index (χ4v) is 3.74. The summed E-state index contributed by atoms with van der Waals surface area (Å²) < 4.78 is 0. The smallest absolute Gasteiger partial charge is 0.0580 e. The molecule has 3 unspecified atom stereocenters. The molecule has 0 spiro atoms. The van der Waals surface area contributed by atoms with Gasteiger partial charge in [0.1, 0.15) is 0 Å². The molecule has 0 aromatic carbocycles. The predicted molar refractivity (Wildman–Crippen MR) is 84.7 cm³/mol. The monoisotopic (exact) mass is 285 g/mol. The van der Waals surface area contributed by atoms with Gasteiger partial charge in [-0.25, -0.2) is 0 Å². The van der Waals surface area contributed by atoms with Crippen LogP contribution in [0.4, 0.5) is 0 Å². The fraction of sp³-hybridized carbons (Fsp3) is 1.00. The highest BCUT2D eigenvalue weighted by Crippen LogP contribution is 2.34. The second-order valence-corrected chi connectivity index (χ2v) is 6.83. The molecule has 0 aliphatic heterocycles. The van der Waals surface area contributed by atoms with Crippen molar-refractivity contribution in [1.29, 1.82) is 0 Å². The normalized spacial score (nSPS) is 27.8. The molecule has 0 amide bonds. The molecule has 0 aromatic rings. The van der Waals surface area contributed by atoms with Gasteiger partial charge in [-0.15, -0.1) is 0 Å². The van der Waals surface area contributed by atoms with E-state index in [1.165, 1.54) is 6.42 Å². The molecule has 1 saturated carbocycles. The summed E-state index contributed by atoms with van der Waals surface area (Å²) in [5, 5.41) is 19.6. The van der Waals surface area contributed by atoms with Crippen molar-refractivity contribution in [2.75, 3.05) is 19.7 Å². The molecule has 1 aliphatic carbocycles. The minimum atomic E-state index is -0.152. The summed E-state index contributed by atoms with van der Waals surface area (Å²) in [7, 11) is 0. The van der Waals surface area contributed by atoms with Crippen LogP contribution in [0.5, 0.6) is 0 Å². The van der Waals surface area contributed by atoms with E-state index in [0.29, 0.717) is 17.9 Å². The molecule has 0 radical (unpaired) electrons. The molecule has 2 N–H and O–H groups in total. The third-order valence-corrected chi connectivity index (χ3v) is 5.24. The molecular formula is C17H35NO2. The highest BCUT2D eigenvalue weighted by Gasteiger charge is 2.32. The Morgan fingerprint density at radius 3 is 2.30 bits per heavy atom. The zero-order valence-electron chi connectivity index (χ0n) is 13.9. The Bertz CT molecular complexity index is 253. The number of nitrogens with zero attached hydrogens (tertiary/aromatic N) is 1. The lowest BCUT2D eigenvalue weighted by atomic mass is 9.74. The van der Waals surface area contributed by atoms with Crippen molar-refractivity contribution in [3.05, 3.63) is 0 Å². The summed E-state index contributed by atoms with van der Waals surface area (Å²) in [6, 6.07) is 0.536. The largest absolute Gasteiger partial charge is 0.395 e. The van der Waals surface area contributed by atoms with E-state index >= 15 is 0 Å². The van der Waals surface area contributed by atoms with E-state index in [4.69, 9.17) is 0 Å². The van der Waals surface area contributed by atoms with E-state index < -0.39 is 0 Å². The second-order valence-electron chi connectivity index (χ2n) is 6.83. The number of aliphatic hydroxyl groups excluding tert-OH is 2. The summed E-state index contributed by atoms with van der Waals surface area (Å²) in [5.74, 6) is 1.84. The molecule has 3 atom stereocenters. The van der Waals surface area contributed by atoms with Gasteiger partial charge in [0, 0.05) is 19.1 Å². The molecule has 20 heavy (non-hydrogen) atoms. The van der Waals surface area contributed by atoms with Gasteiger partial charge in [0.2, 0.25) is 0 Å². The van der Waals surface area contributed by atoms with E-state index in [2.05, 4.69) is 32.6 Å². The third-order valence-electron chi connectivity index (χ3n) is 5.24. The summed E-state index contributed by atoms with van der Waals surface area (Å²) in [6.07, 6.45) is 5.34. The first-order valence-electron chi connectivity index (χ1n) is 8.56. The summed E-state index contributed by atoms with van der Waals surface area (Å²) in [4.78, 5) is 2.40. The van der Waals surface area contributed by atoms with Crippen molar-refractivity contribution in [2.45, 2.75) is 71.9 Å². The molecule has 1 aliphatic rings. The molecule has 3 nitrogen and oxygen atoms in total. The lowest BCUT2D eigenvalue weighted by molar-refractivity contribution is 0.00623. The first kappa shape index (κ1) is 17.9. The van der Waals surface area contributed by atoms with E-state index in [9.17, 15) is 10.2 Å². The molecule has 1 fully saturated rings. The molecule has 0 bridgehead atoms. The first-order chi connectivity index (χ1) is 9.53. The standard InChI is InChI=1S/C17H35NO2/c1-5-16(6-2)18(9-10-19)12-15-11-14(13(3)4)7-8-17(15)20/h13-17,19-20H,5-12H2,1-4H3. The summed E-state index contributed by atoms with van der Waals surface area (Å²) in [5.41, 5.74) is 0. The van der Waals surface area contributed by atoms with Crippen molar-refractivity contribution in [3.8, 4) is 0 Å². The third kappa shape index (κ3) is 5.01. The van der Waals surface area contributed by atoms with E-state index in [1.807, 2.05) is 0 Å². The van der Waals surface area contributed by atoms with Crippen molar-refractivity contribution in [3.63, 3.8) is 0 Å². The highest BCUT2D eigenvalue weighted by molar-refractivity contribution is 4.84. The van der Waals surface area contributed by atoms with Crippen molar-refractivity contribution >= 4 is 0 Å². The van der Waals surface area contributed by atoms with Gasteiger partial charge < -0.3 is 10.2 Å². The number of aliphatic hydroxyl groups is 2. The first-order valence-corrected chi connectivity index (χ1v) is 8.56. The van der Waals surface area contributed by atoms with Gasteiger partial charge >= 0.3 is 0 Å². The predicted octanol–water partition coefficient (Wildman–Crippen LogP) is 2.90. The lowest BCUT2D eigenvalue weighted by Crippen LogP contribution is -2.45. The minimum absolute atomic E-state index is 0.152. The fourth-order valence-electron chi connectivity index (χ4n) is 3.74. The Morgan fingerprint density at radius 1 is 1.15 bits per heavy atom. The summed E-state index contributed by atoms with van der Waals surface area (Å²) in [6.45, 7) is 10.9. The van der Waals surface area contributed by atoms with Gasteiger partial charge in [0.05, 0.1) is 12.7 Å². The number of hydrogen-bond donors (Lipinski definition) is 2. The Balaban J connectivity index is 2.64. The second kappa shape index (κ2) is 9.01. The zero-order valence-corrected chi connectivity index (χ0v) is 13.9. The molecule has 120 valence electrons. The van der Waals surface area contributed by atoms with Gasteiger partial charge in [0.25, 0.3) is 0 Å². The van der Waals surface area contributed by atoms with Gasteiger partial charge in [0.15, 0.2) is 0 Å². The van der Waals surface area contributed by atoms with Crippen LogP contribution in [-0.4, -0.2) is 47.0 Å². The van der Waals surface area contributed by atoms with E-state index in [1.54, 1.807) is 0 Å². The van der Waals surface area contributed by atoms with Crippen LogP contribution in [0.15, 0.2) is 0 Å². The quantitative estimate of drug-likeness (QED) is 0.720. The SMILES string of the molecule is CCC(CC)N(CCO)CC1CC(C(C)C)CCC1O. The summed E-state index contributed by atoms with van der Waals surface area (Å²) >= 11 is 0. The van der Waals surface area contributed by atoms with Gasteiger partial charge in [-0.3, -0.25) is 4.90 Å². The average molecular weight is 285 g/mol. The van der Waals surface area contributed by atoms with Crippen LogP contribution in [0.3, 0.4) is 0 Å². The van der Waals surface area contributed by atoms with Crippen molar-refractivity contribution < 1.29 is 10.2 Å². The zero-order chi connectivity index (χ0) is 15.1. The Labute approximate surface area is 125 Å². The number of rotatable bonds is 8. The molecule has 0 saturated heterocycles. The van der Waals surface area contributed by atoms with Crippen LogP contribution < -0.4 is 0 Å². The van der Waals surface area contributed by atoms with Gasteiger partial charge in [-0.2, -0.15) is 0 Å². The molecule has 0 heterocycles. The van der Waals surface area contributed by atoms with Crippen LogP contribution >= 0.6 is 0 Å². The Morgan fingerprint density at radius 2 is 1.80 bits per heavy atom. The lowest BCUT2D eigenvalue weighted by Gasteiger charge is -2.40. The molecule has 0 aromatic heterocycles. The molecular weight excluding hydrogens is 250 g/mol. The van der Waals surface area contributed by atoms with Crippen molar-refractivity contribution in [1.82, 2.24) is 4.90 Å². The highest BCUT2D eigenvalue weighted by atomic mass is 16.3. The maximum atomic E-state index is 10.3.